The van der Waals surface area contributed by atoms with Crippen LogP contribution in [-0.2, 0) is 14.8 Å². The molecule has 0 saturated heterocycles. The zero-order valence-corrected chi connectivity index (χ0v) is 13.6. The maximum absolute atomic E-state index is 12.1. The summed E-state index contributed by atoms with van der Waals surface area (Å²) in [5, 5.41) is 2.25. The molecule has 2 rings (SSSR count). The first-order chi connectivity index (χ1) is 10.4. The predicted octanol–water partition coefficient (Wildman–Crippen LogP) is 1.30. The van der Waals surface area contributed by atoms with E-state index in [2.05, 4.69) is 20.0 Å². The molecule has 8 heteroatoms. The fraction of sp³-hybridized carbons (Fsp3) is 0.643. The van der Waals surface area contributed by atoms with Crippen LogP contribution in [0, 0.1) is 5.92 Å². The summed E-state index contributed by atoms with van der Waals surface area (Å²) in [6.45, 7) is 3.31. The first-order valence-corrected chi connectivity index (χ1v) is 9.02. The molecule has 1 aliphatic rings. The highest BCUT2D eigenvalue weighted by Crippen LogP contribution is 2.26. The van der Waals surface area contributed by atoms with Gasteiger partial charge < -0.3 is 0 Å². The largest absolute Gasteiger partial charge is 0.294 e. The van der Waals surface area contributed by atoms with Crippen LogP contribution in [-0.4, -0.2) is 35.6 Å². The normalized spacial score (nSPS) is 22.5. The van der Waals surface area contributed by atoms with E-state index in [9.17, 15) is 13.2 Å². The van der Waals surface area contributed by atoms with Crippen LogP contribution >= 0.6 is 0 Å². The van der Waals surface area contributed by atoms with Crippen LogP contribution in [0.3, 0.4) is 0 Å². The molecule has 2 N–H and O–H groups in total. The molecule has 0 aliphatic heterocycles. The molecule has 0 aromatic carbocycles. The van der Waals surface area contributed by atoms with Gasteiger partial charge in [-0.15, -0.1) is 0 Å². The van der Waals surface area contributed by atoms with Crippen molar-refractivity contribution in [3.8, 4) is 0 Å². The first kappa shape index (κ1) is 16.8. The number of nitrogens with one attached hydrogen (secondary N) is 2. The Morgan fingerprint density at radius 2 is 1.77 bits per heavy atom. The fourth-order valence-corrected chi connectivity index (χ4v) is 3.39. The minimum absolute atomic E-state index is 0.0792. The third kappa shape index (κ3) is 4.48. The van der Waals surface area contributed by atoms with Crippen molar-refractivity contribution in [2.75, 3.05) is 5.32 Å². The van der Waals surface area contributed by atoms with Gasteiger partial charge in [0.05, 0.1) is 5.25 Å². The molecule has 0 atom stereocenters. The van der Waals surface area contributed by atoms with Gasteiger partial charge in [-0.05, 0) is 45.6 Å². The summed E-state index contributed by atoms with van der Waals surface area (Å²) in [4.78, 5) is 20.1. The Morgan fingerprint density at radius 3 is 2.32 bits per heavy atom. The third-order valence-corrected chi connectivity index (χ3v) is 5.75. The van der Waals surface area contributed by atoms with E-state index in [-0.39, 0.29) is 17.9 Å². The van der Waals surface area contributed by atoms with Crippen molar-refractivity contribution in [3.05, 3.63) is 18.5 Å². The molecule has 1 aromatic heterocycles. The van der Waals surface area contributed by atoms with Crippen LogP contribution in [0.5, 0.6) is 0 Å². The molecular weight excluding hydrogens is 304 g/mol. The Balaban J connectivity index is 1.83. The number of sulfonamides is 1. The zero-order valence-electron chi connectivity index (χ0n) is 12.8. The Morgan fingerprint density at radius 1 is 1.18 bits per heavy atom. The fourth-order valence-electron chi connectivity index (χ4n) is 2.42. The summed E-state index contributed by atoms with van der Waals surface area (Å²) in [5.41, 5.74) is 0. The van der Waals surface area contributed by atoms with Crippen molar-refractivity contribution >= 4 is 21.9 Å². The molecule has 7 nitrogen and oxygen atoms in total. The minimum Gasteiger partial charge on any atom is -0.294 e. The van der Waals surface area contributed by atoms with E-state index in [0.717, 1.165) is 0 Å². The van der Waals surface area contributed by atoms with Gasteiger partial charge in [-0.25, -0.2) is 23.1 Å². The molecule has 0 bridgehead atoms. The van der Waals surface area contributed by atoms with E-state index in [4.69, 9.17) is 0 Å². The summed E-state index contributed by atoms with van der Waals surface area (Å²) >= 11 is 0. The number of amides is 1. The van der Waals surface area contributed by atoms with Crippen LogP contribution in [0.25, 0.3) is 0 Å². The quantitative estimate of drug-likeness (QED) is 0.849. The Kier molecular flexibility index (Phi) is 5.47. The summed E-state index contributed by atoms with van der Waals surface area (Å²) < 4.78 is 26.4. The lowest BCUT2D eigenvalue weighted by Gasteiger charge is -2.28. The van der Waals surface area contributed by atoms with Crippen LogP contribution in [0.4, 0.5) is 5.95 Å². The molecule has 0 radical (unpaired) electrons. The van der Waals surface area contributed by atoms with E-state index < -0.39 is 15.3 Å². The molecule has 1 heterocycles. The smallest absolute Gasteiger partial charge is 0.229 e. The molecule has 1 aliphatic carbocycles. The van der Waals surface area contributed by atoms with Gasteiger partial charge in [0, 0.05) is 24.4 Å². The molecular formula is C14H22N4O3S. The van der Waals surface area contributed by atoms with Crippen molar-refractivity contribution in [2.24, 2.45) is 5.92 Å². The number of hydrogen-bond donors (Lipinski definition) is 2. The topological polar surface area (TPSA) is 101 Å². The number of carbonyl (C=O) groups is 1. The molecule has 22 heavy (non-hydrogen) atoms. The third-order valence-electron chi connectivity index (χ3n) is 3.85. The minimum atomic E-state index is -3.25. The van der Waals surface area contributed by atoms with Gasteiger partial charge in [-0.2, -0.15) is 0 Å². The zero-order chi connectivity index (χ0) is 16.2. The summed E-state index contributed by atoms with van der Waals surface area (Å²) in [7, 11) is -3.25. The Bertz CT molecular complexity index is 596. The van der Waals surface area contributed by atoms with Crippen molar-refractivity contribution in [1.29, 1.82) is 0 Å². The highest BCUT2D eigenvalue weighted by atomic mass is 32.2. The van der Waals surface area contributed by atoms with E-state index >= 15 is 0 Å². The van der Waals surface area contributed by atoms with Crippen LogP contribution in [0.15, 0.2) is 18.5 Å². The highest BCUT2D eigenvalue weighted by Gasteiger charge is 2.29. The van der Waals surface area contributed by atoms with E-state index in [1.165, 1.54) is 0 Å². The highest BCUT2D eigenvalue weighted by molar-refractivity contribution is 7.90. The van der Waals surface area contributed by atoms with E-state index in [0.29, 0.717) is 31.6 Å². The molecule has 1 aromatic rings. The first-order valence-electron chi connectivity index (χ1n) is 7.47. The maximum atomic E-state index is 12.1. The van der Waals surface area contributed by atoms with Crippen molar-refractivity contribution in [3.63, 3.8) is 0 Å². The lowest BCUT2D eigenvalue weighted by Crippen LogP contribution is -2.42. The molecule has 122 valence electrons. The van der Waals surface area contributed by atoms with Gasteiger partial charge in [-0.1, -0.05) is 0 Å². The number of anilines is 1. The van der Waals surface area contributed by atoms with Crippen molar-refractivity contribution in [2.45, 2.75) is 50.8 Å². The summed E-state index contributed by atoms with van der Waals surface area (Å²) in [5.74, 6) is 0.0788. The summed E-state index contributed by atoms with van der Waals surface area (Å²) in [6.07, 6.45) is 5.79. The number of aromatic nitrogens is 2. The Labute approximate surface area is 131 Å². The standard InChI is InChI=1S/C14H22N4O3S/c1-10(2)22(20,21)18-12-6-4-11(5-7-12)13(19)17-14-15-8-3-9-16-14/h3,8-12,18H,4-7H2,1-2H3,(H,15,16,17,19)/t11-,12-. The van der Waals surface area contributed by atoms with Crippen molar-refractivity contribution in [1.82, 2.24) is 14.7 Å². The maximum Gasteiger partial charge on any atom is 0.229 e. The van der Waals surface area contributed by atoms with Gasteiger partial charge in [0.1, 0.15) is 0 Å². The van der Waals surface area contributed by atoms with E-state index in [1.807, 2.05) is 0 Å². The number of nitrogens with zero attached hydrogens (tertiary/aromatic N) is 2. The van der Waals surface area contributed by atoms with Gasteiger partial charge in [0.15, 0.2) is 0 Å². The number of rotatable bonds is 5. The lowest BCUT2D eigenvalue weighted by atomic mass is 9.86. The van der Waals surface area contributed by atoms with Gasteiger partial charge in [0.25, 0.3) is 0 Å². The Hall–Kier alpha value is -1.54. The molecule has 0 unspecified atom stereocenters. The monoisotopic (exact) mass is 326 g/mol. The molecule has 1 saturated carbocycles. The second-order valence-corrected chi connectivity index (χ2v) is 8.09. The van der Waals surface area contributed by atoms with Gasteiger partial charge >= 0.3 is 0 Å². The number of carbonyl (C=O) groups excluding carboxylic acids is 1. The molecule has 1 fully saturated rings. The van der Waals surface area contributed by atoms with Crippen LogP contribution in [0.2, 0.25) is 0 Å². The van der Waals surface area contributed by atoms with Crippen molar-refractivity contribution < 1.29 is 13.2 Å². The number of hydrogen-bond acceptors (Lipinski definition) is 5. The van der Waals surface area contributed by atoms with E-state index in [1.54, 1.807) is 32.3 Å². The van der Waals surface area contributed by atoms with Crippen LogP contribution < -0.4 is 10.0 Å². The predicted molar refractivity (Wildman–Crippen MR) is 83.6 cm³/mol. The van der Waals surface area contributed by atoms with Gasteiger partial charge in [0.2, 0.25) is 21.9 Å². The molecule has 1 amide bonds. The molecule has 0 spiro atoms. The second kappa shape index (κ2) is 7.15. The second-order valence-electron chi connectivity index (χ2n) is 5.82. The van der Waals surface area contributed by atoms with Crippen LogP contribution in [0.1, 0.15) is 39.5 Å². The summed E-state index contributed by atoms with van der Waals surface area (Å²) in [6, 6.07) is 1.60. The average Bonchev–Trinajstić information content (AvgIpc) is 2.48. The van der Waals surface area contributed by atoms with Gasteiger partial charge in [-0.3, -0.25) is 10.1 Å². The average molecular weight is 326 g/mol. The lowest BCUT2D eigenvalue weighted by molar-refractivity contribution is -0.120. The SMILES string of the molecule is CC(C)S(=O)(=O)N[C@H]1CC[C@H](C(=O)Nc2ncccn2)CC1.